The second kappa shape index (κ2) is 9.70. The molecule has 1 aliphatic rings. The minimum atomic E-state index is -0.361. The van der Waals surface area contributed by atoms with Gasteiger partial charge in [-0.3, -0.25) is 9.36 Å². The Bertz CT molecular complexity index is 1550. The minimum Gasteiger partial charge on any atom is -0.283 e. The zero-order chi connectivity index (χ0) is 24.5. The summed E-state index contributed by atoms with van der Waals surface area (Å²) in [6.45, 7) is 1.94. The summed E-state index contributed by atoms with van der Waals surface area (Å²) in [5.74, 6) is 0.0661. The first-order chi connectivity index (χ1) is 17.7. The molecule has 178 valence electrons. The lowest BCUT2D eigenvalue weighted by atomic mass is 9.95. The van der Waals surface area contributed by atoms with Crippen LogP contribution in [0.4, 0.5) is 0 Å². The van der Waals surface area contributed by atoms with E-state index in [0.717, 1.165) is 47.3 Å². The van der Waals surface area contributed by atoms with Gasteiger partial charge in [-0.25, -0.2) is 4.98 Å². The van der Waals surface area contributed by atoms with Crippen molar-refractivity contribution in [1.29, 1.82) is 0 Å². The van der Waals surface area contributed by atoms with Gasteiger partial charge >= 0.3 is 0 Å². The third-order valence-corrected chi connectivity index (χ3v) is 7.73. The normalized spacial score (nSPS) is 13.9. The van der Waals surface area contributed by atoms with Crippen LogP contribution in [0.1, 0.15) is 35.8 Å². The Morgan fingerprint density at radius 2 is 1.44 bits per heavy atom. The monoisotopic (exact) mass is 490 g/mol. The fourth-order valence-electron chi connectivity index (χ4n) is 5.09. The second-order valence-electron chi connectivity index (χ2n) is 9.11. The quantitative estimate of drug-likeness (QED) is 0.252. The molecule has 5 aromatic rings. The second-order valence-corrected chi connectivity index (χ2v) is 10.4. The Labute approximate surface area is 214 Å². The van der Waals surface area contributed by atoms with Crippen LogP contribution >= 0.6 is 11.8 Å². The van der Waals surface area contributed by atoms with E-state index in [0.29, 0.717) is 5.16 Å². The molecule has 0 amide bonds. The third kappa shape index (κ3) is 4.11. The predicted octanol–water partition coefficient (Wildman–Crippen LogP) is 6.86. The molecule has 1 unspecified atom stereocenters. The summed E-state index contributed by atoms with van der Waals surface area (Å²) in [4.78, 5) is 18.7. The molecule has 1 aliphatic carbocycles. The van der Waals surface area contributed by atoms with Crippen molar-refractivity contribution in [2.75, 3.05) is 0 Å². The largest absolute Gasteiger partial charge is 0.283 e. The molecule has 0 spiro atoms. The van der Waals surface area contributed by atoms with Crippen molar-refractivity contribution < 1.29 is 4.79 Å². The highest BCUT2D eigenvalue weighted by atomic mass is 32.2. The average molecular weight is 491 g/mol. The van der Waals surface area contributed by atoms with Crippen molar-refractivity contribution in [3.8, 4) is 22.5 Å². The van der Waals surface area contributed by atoms with Crippen LogP contribution < -0.4 is 0 Å². The van der Waals surface area contributed by atoms with Crippen LogP contribution in [0.15, 0.2) is 90.1 Å². The van der Waals surface area contributed by atoms with E-state index in [1.54, 1.807) is 0 Å². The Hall–Kier alpha value is -3.77. The summed E-state index contributed by atoms with van der Waals surface area (Å²) < 4.78 is 1.95. The molecule has 0 fully saturated rings. The van der Waals surface area contributed by atoms with Gasteiger partial charge in [-0.15, -0.1) is 10.2 Å². The lowest BCUT2D eigenvalue weighted by molar-refractivity contribution is 0.0917. The molecule has 5 nitrogen and oxygen atoms in total. The van der Waals surface area contributed by atoms with E-state index in [4.69, 9.17) is 4.98 Å². The summed E-state index contributed by atoms with van der Waals surface area (Å²) in [5.41, 5.74) is 6.94. The number of carbonyl (C=O) groups is 1. The molecule has 3 aromatic carbocycles. The zero-order valence-corrected chi connectivity index (χ0v) is 20.9. The predicted molar refractivity (Wildman–Crippen MR) is 145 cm³/mol. The van der Waals surface area contributed by atoms with Crippen molar-refractivity contribution in [3.05, 3.63) is 96.2 Å². The van der Waals surface area contributed by atoms with Gasteiger partial charge in [0.25, 0.3) is 0 Å². The maximum absolute atomic E-state index is 13.8. The van der Waals surface area contributed by atoms with Crippen molar-refractivity contribution in [2.24, 2.45) is 0 Å². The summed E-state index contributed by atoms with van der Waals surface area (Å²) >= 11 is 1.37. The first-order valence-electron chi connectivity index (χ1n) is 12.4. The first kappa shape index (κ1) is 22.7. The highest BCUT2D eigenvalue weighted by Gasteiger charge is 2.27. The number of rotatable bonds is 5. The van der Waals surface area contributed by atoms with Crippen LogP contribution in [0.3, 0.4) is 0 Å². The van der Waals surface area contributed by atoms with Gasteiger partial charge in [0.05, 0.1) is 10.8 Å². The summed E-state index contributed by atoms with van der Waals surface area (Å²) in [6, 6.07) is 28.3. The van der Waals surface area contributed by atoms with E-state index in [-0.39, 0.29) is 11.2 Å². The fourth-order valence-corrected chi connectivity index (χ4v) is 5.84. The van der Waals surface area contributed by atoms with Gasteiger partial charge in [0.2, 0.25) is 11.1 Å². The first-order valence-corrected chi connectivity index (χ1v) is 13.3. The van der Waals surface area contributed by atoms with Gasteiger partial charge < -0.3 is 0 Å². The molecule has 6 rings (SSSR count). The van der Waals surface area contributed by atoms with Crippen molar-refractivity contribution in [2.45, 2.75) is 43.0 Å². The maximum atomic E-state index is 13.8. The van der Waals surface area contributed by atoms with Crippen LogP contribution in [0.25, 0.3) is 33.4 Å². The molecule has 0 saturated carbocycles. The van der Waals surface area contributed by atoms with Gasteiger partial charge in [-0.1, -0.05) is 90.6 Å². The molecule has 0 N–H and O–H groups in total. The number of para-hydroxylation sites is 1. The molecule has 0 saturated heterocycles. The number of benzene rings is 3. The maximum Gasteiger partial charge on any atom is 0.244 e. The van der Waals surface area contributed by atoms with Gasteiger partial charge in [0.15, 0.2) is 0 Å². The van der Waals surface area contributed by atoms with Gasteiger partial charge in [0, 0.05) is 22.2 Å². The number of carbonyl (C=O) groups excluding carboxylic acids is 1. The minimum absolute atomic E-state index is 0.0661. The third-order valence-electron chi connectivity index (χ3n) is 6.79. The highest BCUT2D eigenvalue weighted by molar-refractivity contribution is 8.00. The molecule has 36 heavy (non-hydrogen) atoms. The number of thioether (sulfide) groups is 1. The lowest BCUT2D eigenvalue weighted by Crippen LogP contribution is -2.24. The van der Waals surface area contributed by atoms with Crippen LogP contribution in [0.5, 0.6) is 0 Å². The topological polar surface area (TPSA) is 60.7 Å². The van der Waals surface area contributed by atoms with Crippen molar-refractivity contribution in [1.82, 2.24) is 19.7 Å². The Morgan fingerprint density at radius 1 is 0.806 bits per heavy atom. The molecule has 6 heteroatoms. The molecule has 2 aromatic heterocycles. The van der Waals surface area contributed by atoms with Crippen LogP contribution in [0.2, 0.25) is 0 Å². The standard InChI is InChI=1S/C30H26N4OS/c1-20(29(35)34-25-18-10-8-16-23(25)24-17-9-11-19-26(24)34)36-30-31-27(21-12-4-2-5-13-21)28(32-33-30)22-14-6-3-7-15-22/h2-8,10,12-16,18,20H,9,11,17,19H2,1H3. The van der Waals surface area contributed by atoms with E-state index in [1.165, 1.54) is 34.8 Å². The summed E-state index contributed by atoms with van der Waals surface area (Å²) in [7, 11) is 0. The van der Waals surface area contributed by atoms with Crippen molar-refractivity contribution >= 4 is 28.6 Å². The smallest absolute Gasteiger partial charge is 0.244 e. The van der Waals surface area contributed by atoms with E-state index in [1.807, 2.05) is 78.2 Å². The summed E-state index contributed by atoms with van der Waals surface area (Å²) in [6.07, 6.45) is 4.27. The number of aromatic nitrogens is 4. The van der Waals surface area contributed by atoms with E-state index < -0.39 is 0 Å². The Kier molecular flexibility index (Phi) is 6.11. The molecular formula is C30H26N4OS. The van der Waals surface area contributed by atoms with Gasteiger partial charge in [-0.2, -0.15) is 0 Å². The van der Waals surface area contributed by atoms with E-state index in [2.05, 4.69) is 28.4 Å². The number of aryl methyl sites for hydroxylation is 1. The molecular weight excluding hydrogens is 464 g/mol. The Morgan fingerprint density at radius 3 is 2.19 bits per heavy atom. The van der Waals surface area contributed by atoms with Crippen molar-refractivity contribution in [3.63, 3.8) is 0 Å². The van der Waals surface area contributed by atoms with E-state index >= 15 is 0 Å². The molecule has 0 bridgehead atoms. The molecule has 0 aliphatic heterocycles. The molecule has 1 atom stereocenters. The average Bonchev–Trinajstić information content (AvgIpc) is 3.28. The molecule has 2 heterocycles. The zero-order valence-electron chi connectivity index (χ0n) is 20.1. The van der Waals surface area contributed by atoms with Gasteiger partial charge in [-0.05, 0) is 44.2 Å². The van der Waals surface area contributed by atoms with Crippen LogP contribution in [0, 0.1) is 0 Å². The Balaban J connectivity index is 1.36. The number of hydrogen-bond acceptors (Lipinski definition) is 5. The lowest BCUT2D eigenvalue weighted by Gasteiger charge is -2.17. The van der Waals surface area contributed by atoms with Crippen LogP contribution in [-0.2, 0) is 12.8 Å². The fraction of sp³-hybridized carbons (Fsp3) is 0.200. The van der Waals surface area contributed by atoms with E-state index in [9.17, 15) is 4.79 Å². The number of fused-ring (bicyclic) bond motifs is 3. The van der Waals surface area contributed by atoms with Gasteiger partial charge in [0.1, 0.15) is 11.4 Å². The summed E-state index contributed by atoms with van der Waals surface area (Å²) in [5, 5.41) is 10.3. The number of nitrogens with zero attached hydrogens (tertiary/aromatic N) is 4. The molecule has 0 radical (unpaired) electrons. The SMILES string of the molecule is CC(Sc1nnc(-c2ccccc2)c(-c2ccccc2)n1)C(=O)n1c2c(c3ccccc31)CCCC2. The van der Waals surface area contributed by atoms with Crippen LogP contribution in [-0.4, -0.2) is 30.9 Å². The number of hydrogen-bond donors (Lipinski definition) is 0. The highest BCUT2D eigenvalue weighted by Crippen LogP contribution is 2.35.